The van der Waals surface area contributed by atoms with Gasteiger partial charge in [0.05, 0.1) is 12.9 Å². The van der Waals surface area contributed by atoms with Crippen molar-refractivity contribution in [2.24, 2.45) is 0 Å². The molecular formula is C19H18BrN3O2S. The Morgan fingerprint density at radius 1 is 1.27 bits per heavy atom. The molecule has 7 heteroatoms. The number of hydrogen-bond acceptors (Lipinski definition) is 4. The van der Waals surface area contributed by atoms with Crippen LogP contribution in [0.3, 0.4) is 0 Å². The van der Waals surface area contributed by atoms with Gasteiger partial charge in [0.2, 0.25) is 5.91 Å². The zero-order valence-electron chi connectivity index (χ0n) is 14.2. The van der Waals surface area contributed by atoms with E-state index in [9.17, 15) is 4.79 Å². The number of benzene rings is 2. The molecule has 0 saturated carbocycles. The van der Waals surface area contributed by atoms with Crippen LogP contribution >= 0.6 is 27.7 Å². The topological polar surface area (TPSA) is 56.1 Å². The summed E-state index contributed by atoms with van der Waals surface area (Å²) in [6.45, 7) is 0.470. The zero-order chi connectivity index (χ0) is 18.4. The molecule has 0 bridgehead atoms. The Morgan fingerprint density at radius 3 is 2.85 bits per heavy atom. The van der Waals surface area contributed by atoms with E-state index in [2.05, 4.69) is 26.2 Å². The van der Waals surface area contributed by atoms with Gasteiger partial charge in [-0.15, -0.1) is 0 Å². The largest absolute Gasteiger partial charge is 0.497 e. The predicted octanol–water partition coefficient (Wildman–Crippen LogP) is 4.05. The number of carbonyl (C=O) groups is 1. The third-order valence-corrected chi connectivity index (χ3v) is 5.16. The van der Waals surface area contributed by atoms with Crippen molar-refractivity contribution in [3.8, 4) is 11.4 Å². The number of nitrogens with zero attached hydrogens (tertiary/aromatic N) is 2. The van der Waals surface area contributed by atoms with Gasteiger partial charge in [-0.05, 0) is 42.0 Å². The van der Waals surface area contributed by atoms with Crippen LogP contribution in [0.25, 0.3) is 5.69 Å². The smallest absolute Gasteiger partial charge is 0.230 e. The summed E-state index contributed by atoms with van der Waals surface area (Å²) in [4.78, 5) is 16.5. The van der Waals surface area contributed by atoms with E-state index in [1.54, 1.807) is 13.3 Å². The lowest BCUT2D eigenvalue weighted by molar-refractivity contribution is -0.118. The van der Waals surface area contributed by atoms with Crippen LogP contribution in [-0.4, -0.2) is 28.3 Å². The van der Waals surface area contributed by atoms with Crippen molar-refractivity contribution in [2.45, 2.75) is 11.7 Å². The van der Waals surface area contributed by atoms with Crippen molar-refractivity contribution < 1.29 is 9.53 Å². The molecule has 0 aliphatic carbocycles. The SMILES string of the molecule is COc1cccc(CNC(=O)CSc2nccn2-c2ccc(Br)cc2)c1. The summed E-state index contributed by atoms with van der Waals surface area (Å²) in [7, 11) is 1.63. The first-order valence-electron chi connectivity index (χ1n) is 7.97. The van der Waals surface area contributed by atoms with Crippen LogP contribution in [0.15, 0.2) is 70.6 Å². The molecule has 1 aromatic heterocycles. The Labute approximate surface area is 164 Å². The lowest BCUT2D eigenvalue weighted by Gasteiger charge is -2.09. The Bertz CT molecular complexity index is 881. The van der Waals surface area contributed by atoms with Crippen molar-refractivity contribution in [3.05, 3.63) is 71.0 Å². The molecule has 0 spiro atoms. The molecule has 1 heterocycles. The average Bonchev–Trinajstić information content (AvgIpc) is 3.14. The molecule has 0 unspecified atom stereocenters. The number of aromatic nitrogens is 2. The average molecular weight is 432 g/mol. The van der Waals surface area contributed by atoms with Gasteiger partial charge in [0, 0.05) is 29.1 Å². The highest BCUT2D eigenvalue weighted by Gasteiger charge is 2.09. The number of nitrogens with one attached hydrogen (secondary N) is 1. The maximum Gasteiger partial charge on any atom is 0.230 e. The number of carbonyl (C=O) groups excluding carboxylic acids is 1. The van der Waals surface area contributed by atoms with Gasteiger partial charge in [0.1, 0.15) is 5.75 Å². The maximum atomic E-state index is 12.2. The zero-order valence-corrected chi connectivity index (χ0v) is 16.6. The highest BCUT2D eigenvalue weighted by atomic mass is 79.9. The number of methoxy groups -OCH3 is 1. The van der Waals surface area contributed by atoms with E-state index in [1.807, 2.05) is 59.3 Å². The van der Waals surface area contributed by atoms with E-state index in [-0.39, 0.29) is 5.91 Å². The van der Waals surface area contributed by atoms with Gasteiger partial charge in [0.15, 0.2) is 5.16 Å². The quantitative estimate of drug-likeness (QED) is 0.573. The fourth-order valence-corrected chi connectivity index (χ4v) is 3.43. The van der Waals surface area contributed by atoms with Crippen molar-refractivity contribution >= 4 is 33.6 Å². The van der Waals surface area contributed by atoms with Crippen LogP contribution in [0, 0.1) is 0 Å². The molecule has 0 saturated heterocycles. The molecule has 5 nitrogen and oxygen atoms in total. The minimum Gasteiger partial charge on any atom is -0.497 e. The van der Waals surface area contributed by atoms with Gasteiger partial charge in [-0.1, -0.05) is 39.8 Å². The number of imidazole rings is 1. The van der Waals surface area contributed by atoms with E-state index >= 15 is 0 Å². The number of hydrogen-bond donors (Lipinski definition) is 1. The second-order valence-electron chi connectivity index (χ2n) is 5.47. The fourth-order valence-electron chi connectivity index (χ4n) is 2.36. The summed E-state index contributed by atoms with van der Waals surface area (Å²) in [5, 5.41) is 3.70. The second kappa shape index (κ2) is 8.91. The Balaban J connectivity index is 1.55. The highest BCUT2D eigenvalue weighted by molar-refractivity contribution is 9.10. The minimum atomic E-state index is -0.0387. The Morgan fingerprint density at radius 2 is 2.08 bits per heavy atom. The van der Waals surface area contributed by atoms with Crippen LogP contribution < -0.4 is 10.1 Å². The summed E-state index contributed by atoms with van der Waals surface area (Å²) >= 11 is 4.84. The minimum absolute atomic E-state index is 0.0387. The molecule has 3 aromatic rings. The molecule has 3 rings (SSSR count). The lowest BCUT2D eigenvalue weighted by atomic mass is 10.2. The standard InChI is InChI=1S/C19H18BrN3O2S/c1-25-17-4-2-3-14(11-17)12-22-18(24)13-26-19-21-9-10-23(19)16-7-5-15(20)6-8-16/h2-11H,12-13H2,1H3,(H,22,24). The molecule has 2 aromatic carbocycles. The summed E-state index contributed by atoms with van der Waals surface area (Å²) in [5.41, 5.74) is 2.00. The van der Waals surface area contributed by atoms with Gasteiger partial charge >= 0.3 is 0 Å². The van der Waals surface area contributed by atoms with Gasteiger partial charge < -0.3 is 10.1 Å². The van der Waals surface area contributed by atoms with Gasteiger partial charge in [-0.3, -0.25) is 9.36 Å². The van der Waals surface area contributed by atoms with Gasteiger partial charge in [-0.2, -0.15) is 0 Å². The molecule has 0 fully saturated rings. The summed E-state index contributed by atoms with van der Waals surface area (Å²) in [5.74, 6) is 1.04. The highest BCUT2D eigenvalue weighted by Crippen LogP contribution is 2.21. The van der Waals surface area contributed by atoms with Crippen molar-refractivity contribution in [2.75, 3.05) is 12.9 Å². The van der Waals surface area contributed by atoms with E-state index < -0.39 is 0 Å². The van der Waals surface area contributed by atoms with E-state index in [4.69, 9.17) is 4.74 Å². The monoisotopic (exact) mass is 431 g/mol. The van der Waals surface area contributed by atoms with Crippen molar-refractivity contribution in [1.29, 1.82) is 0 Å². The first-order valence-corrected chi connectivity index (χ1v) is 9.75. The second-order valence-corrected chi connectivity index (χ2v) is 7.33. The molecule has 0 aliphatic rings. The summed E-state index contributed by atoms with van der Waals surface area (Å²) in [6.07, 6.45) is 3.62. The third kappa shape index (κ3) is 4.89. The molecule has 1 amide bonds. The van der Waals surface area contributed by atoms with Crippen LogP contribution in [-0.2, 0) is 11.3 Å². The molecule has 134 valence electrons. The number of halogens is 1. The van der Waals surface area contributed by atoms with Gasteiger partial charge in [-0.25, -0.2) is 4.98 Å². The van der Waals surface area contributed by atoms with Crippen molar-refractivity contribution in [1.82, 2.24) is 14.9 Å². The maximum absolute atomic E-state index is 12.2. The normalized spacial score (nSPS) is 10.5. The first kappa shape index (κ1) is 18.5. The summed E-state index contributed by atoms with van der Waals surface area (Å²) in [6, 6.07) is 15.6. The number of thioether (sulfide) groups is 1. The molecular weight excluding hydrogens is 414 g/mol. The molecule has 0 aliphatic heterocycles. The summed E-state index contributed by atoms with van der Waals surface area (Å²) < 4.78 is 8.18. The molecule has 0 radical (unpaired) electrons. The van der Waals surface area contributed by atoms with E-state index in [0.29, 0.717) is 12.3 Å². The number of ether oxygens (including phenoxy) is 1. The van der Waals surface area contributed by atoms with E-state index in [0.717, 1.165) is 26.6 Å². The van der Waals surface area contributed by atoms with Crippen LogP contribution in [0.4, 0.5) is 0 Å². The van der Waals surface area contributed by atoms with Crippen LogP contribution in [0.2, 0.25) is 0 Å². The van der Waals surface area contributed by atoms with Gasteiger partial charge in [0.25, 0.3) is 0 Å². The Kier molecular flexibility index (Phi) is 6.35. The van der Waals surface area contributed by atoms with Crippen LogP contribution in [0.5, 0.6) is 5.75 Å². The van der Waals surface area contributed by atoms with E-state index in [1.165, 1.54) is 11.8 Å². The number of rotatable bonds is 7. The Hall–Kier alpha value is -2.25. The molecule has 0 atom stereocenters. The third-order valence-electron chi connectivity index (χ3n) is 3.67. The fraction of sp³-hybridized carbons (Fsp3) is 0.158. The predicted molar refractivity (Wildman–Crippen MR) is 107 cm³/mol. The molecule has 1 N–H and O–H groups in total. The lowest BCUT2D eigenvalue weighted by Crippen LogP contribution is -2.24. The van der Waals surface area contributed by atoms with Crippen LogP contribution in [0.1, 0.15) is 5.56 Å². The first-order chi connectivity index (χ1) is 12.7. The van der Waals surface area contributed by atoms with Crippen molar-refractivity contribution in [3.63, 3.8) is 0 Å². The number of amides is 1. The molecule has 26 heavy (non-hydrogen) atoms.